The summed E-state index contributed by atoms with van der Waals surface area (Å²) in [5, 5.41) is 13.0. The van der Waals surface area contributed by atoms with Crippen LogP contribution in [0.4, 0.5) is 18.2 Å². The topological polar surface area (TPSA) is 78.7 Å². The number of halogens is 3. The molecule has 0 spiro atoms. The Morgan fingerprint density at radius 1 is 1.21 bits per heavy atom. The van der Waals surface area contributed by atoms with E-state index < -0.39 is 11.9 Å². The highest BCUT2D eigenvalue weighted by Crippen LogP contribution is 2.44. The number of carbonyl (C=O) groups is 1. The number of aromatic nitrogens is 2. The van der Waals surface area contributed by atoms with E-state index in [0.29, 0.717) is 41.4 Å². The standard InChI is InChI=1S/C23H25F3N4OS2/c1-22(2,3)12-7-8-13-15(10-27)20(33-17(13)9-12)29-18(31)11-32-21-28-16-6-4-5-14(16)19(30-21)23(24,25)26/h12H,4-9,11H2,1-3H3,(H,29,31)/t12-/m1/s1. The minimum atomic E-state index is -4.54. The number of hydrogen-bond acceptors (Lipinski definition) is 6. The number of alkyl halides is 3. The van der Waals surface area contributed by atoms with Gasteiger partial charge >= 0.3 is 6.18 Å². The summed E-state index contributed by atoms with van der Waals surface area (Å²) in [6.45, 7) is 6.64. The lowest BCUT2D eigenvalue weighted by molar-refractivity contribution is -0.142. The zero-order chi connectivity index (χ0) is 24.0. The predicted molar refractivity (Wildman–Crippen MR) is 122 cm³/mol. The van der Waals surface area contributed by atoms with Gasteiger partial charge in [-0.1, -0.05) is 32.5 Å². The Morgan fingerprint density at radius 3 is 2.64 bits per heavy atom. The van der Waals surface area contributed by atoms with Crippen molar-refractivity contribution in [1.29, 1.82) is 5.26 Å². The normalized spacial score (nSPS) is 17.9. The molecule has 10 heteroatoms. The maximum atomic E-state index is 13.4. The van der Waals surface area contributed by atoms with Crippen molar-refractivity contribution in [3.8, 4) is 6.07 Å². The molecular formula is C23H25F3N4OS2. The molecule has 0 aliphatic heterocycles. The molecule has 2 aromatic rings. The minimum absolute atomic E-state index is 0.0443. The number of nitriles is 1. The van der Waals surface area contributed by atoms with Gasteiger partial charge < -0.3 is 5.32 Å². The smallest absolute Gasteiger partial charge is 0.316 e. The number of fused-ring (bicyclic) bond motifs is 2. The lowest BCUT2D eigenvalue weighted by atomic mass is 9.72. The minimum Gasteiger partial charge on any atom is -0.316 e. The summed E-state index contributed by atoms with van der Waals surface area (Å²) in [5.74, 6) is -0.0112. The summed E-state index contributed by atoms with van der Waals surface area (Å²) in [4.78, 5) is 21.7. The van der Waals surface area contributed by atoms with E-state index in [1.54, 1.807) is 0 Å². The van der Waals surface area contributed by atoms with Gasteiger partial charge in [0.15, 0.2) is 10.9 Å². The van der Waals surface area contributed by atoms with E-state index in [-0.39, 0.29) is 27.8 Å². The molecular weight excluding hydrogens is 469 g/mol. The fourth-order valence-electron chi connectivity index (χ4n) is 4.53. The number of rotatable bonds is 4. The van der Waals surface area contributed by atoms with Crippen LogP contribution in [-0.4, -0.2) is 21.6 Å². The number of thioether (sulfide) groups is 1. The van der Waals surface area contributed by atoms with Crippen LogP contribution in [0.1, 0.15) is 66.6 Å². The Morgan fingerprint density at radius 2 is 1.97 bits per heavy atom. The van der Waals surface area contributed by atoms with Crippen LogP contribution in [0.25, 0.3) is 0 Å². The van der Waals surface area contributed by atoms with Gasteiger partial charge in [-0.25, -0.2) is 9.97 Å². The third kappa shape index (κ3) is 5.04. The number of amides is 1. The van der Waals surface area contributed by atoms with E-state index in [1.807, 2.05) is 0 Å². The SMILES string of the molecule is CC(C)(C)[C@@H]1CCc2c(sc(NC(=O)CSc3nc4c(c(C(F)(F)F)n3)CCC4)c2C#N)C1. The molecule has 2 aliphatic rings. The summed E-state index contributed by atoms with van der Waals surface area (Å²) in [7, 11) is 0. The molecule has 0 saturated heterocycles. The molecule has 0 bridgehead atoms. The van der Waals surface area contributed by atoms with Crippen LogP contribution in [0.2, 0.25) is 0 Å². The van der Waals surface area contributed by atoms with Crippen LogP contribution in [-0.2, 0) is 36.7 Å². The van der Waals surface area contributed by atoms with Crippen LogP contribution in [0.5, 0.6) is 0 Å². The highest BCUT2D eigenvalue weighted by atomic mass is 32.2. The van der Waals surface area contributed by atoms with Crippen molar-refractivity contribution in [3.63, 3.8) is 0 Å². The molecule has 0 saturated carbocycles. The van der Waals surface area contributed by atoms with Gasteiger partial charge in [0, 0.05) is 16.1 Å². The zero-order valence-corrected chi connectivity index (χ0v) is 20.4. The van der Waals surface area contributed by atoms with Gasteiger partial charge in [-0.15, -0.1) is 11.3 Å². The first-order valence-electron chi connectivity index (χ1n) is 10.9. The largest absolute Gasteiger partial charge is 0.433 e. The molecule has 2 aliphatic carbocycles. The van der Waals surface area contributed by atoms with E-state index in [9.17, 15) is 23.2 Å². The fourth-order valence-corrected chi connectivity index (χ4v) is 6.49. The van der Waals surface area contributed by atoms with Crippen molar-refractivity contribution < 1.29 is 18.0 Å². The van der Waals surface area contributed by atoms with E-state index in [2.05, 4.69) is 42.1 Å². The van der Waals surface area contributed by atoms with Crippen LogP contribution in [0.15, 0.2) is 5.16 Å². The molecule has 4 rings (SSSR count). The Balaban J connectivity index is 1.47. The Labute approximate surface area is 199 Å². The summed E-state index contributed by atoms with van der Waals surface area (Å²) in [6.07, 6.45) is -0.414. The molecule has 0 fully saturated rings. The van der Waals surface area contributed by atoms with Gasteiger partial charge in [-0.3, -0.25) is 4.79 Å². The first-order valence-corrected chi connectivity index (χ1v) is 12.7. The summed E-state index contributed by atoms with van der Waals surface area (Å²) in [5.41, 5.74) is 1.40. The molecule has 33 heavy (non-hydrogen) atoms. The average molecular weight is 495 g/mol. The van der Waals surface area contributed by atoms with Gasteiger partial charge in [0.1, 0.15) is 11.1 Å². The number of nitrogens with zero attached hydrogens (tertiary/aromatic N) is 3. The molecule has 2 heterocycles. The molecule has 2 aromatic heterocycles. The molecule has 5 nitrogen and oxygen atoms in total. The molecule has 176 valence electrons. The Kier molecular flexibility index (Phi) is 6.49. The Hall–Kier alpha value is -2.12. The van der Waals surface area contributed by atoms with Gasteiger partial charge in [0.2, 0.25) is 5.91 Å². The monoisotopic (exact) mass is 494 g/mol. The van der Waals surface area contributed by atoms with E-state index in [0.717, 1.165) is 41.5 Å². The molecule has 0 aromatic carbocycles. The van der Waals surface area contributed by atoms with Crippen molar-refractivity contribution in [3.05, 3.63) is 33.0 Å². The van der Waals surface area contributed by atoms with Crippen molar-refractivity contribution in [2.75, 3.05) is 11.1 Å². The molecule has 1 amide bonds. The van der Waals surface area contributed by atoms with Gasteiger partial charge in [-0.2, -0.15) is 18.4 Å². The fraction of sp³-hybridized carbons (Fsp3) is 0.565. The van der Waals surface area contributed by atoms with Gasteiger partial charge in [0.05, 0.1) is 11.3 Å². The number of thiophene rings is 1. The predicted octanol–water partition coefficient (Wildman–Crippen LogP) is 5.80. The summed E-state index contributed by atoms with van der Waals surface area (Å²) < 4.78 is 40.2. The highest BCUT2D eigenvalue weighted by molar-refractivity contribution is 7.99. The van der Waals surface area contributed by atoms with Crippen LogP contribution in [0.3, 0.4) is 0 Å². The van der Waals surface area contributed by atoms with E-state index in [1.165, 1.54) is 11.3 Å². The second-order valence-corrected chi connectivity index (χ2v) is 11.6. The lowest BCUT2D eigenvalue weighted by Crippen LogP contribution is -2.26. The maximum Gasteiger partial charge on any atom is 0.433 e. The maximum absolute atomic E-state index is 13.4. The van der Waals surface area contributed by atoms with Crippen LogP contribution in [0, 0.1) is 22.7 Å². The molecule has 0 unspecified atom stereocenters. The van der Waals surface area contributed by atoms with Crippen molar-refractivity contribution >= 4 is 34.0 Å². The quantitative estimate of drug-likeness (QED) is 0.429. The third-order valence-corrected chi connectivity index (χ3v) is 8.39. The summed E-state index contributed by atoms with van der Waals surface area (Å²) in [6, 6.07) is 2.23. The molecule has 1 atom stereocenters. The average Bonchev–Trinajstić information content (AvgIpc) is 3.33. The van der Waals surface area contributed by atoms with Crippen molar-refractivity contribution in [1.82, 2.24) is 9.97 Å². The van der Waals surface area contributed by atoms with Gasteiger partial charge in [-0.05, 0) is 55.4 Å². The second-order valence-electron chi connectivity index (χ2n) is 9.59. The molecule has 0 radical (unpaired) electrons. The second kappa shape index (κ2) is 8.91. The highest BCUT2D eigenvalue weighted by Gasteiger charge is 2.38. The van der Waals surface area contributed by atoms with Crippen LogP contribution < -0.4 is 5.32 Å². The first kappa shape index (κ1) is 24.0. The van der Waals surface area contributed by atoms with Crippen molar-refractivity contribution in [2.24, 2.45) is 11.3 Å². The lowest BCUT2D eigenvalue weighted by Gasteiger charge is -2.33. The van der Waals surface area contributed by atoms with Crippen molar-refractivity contribution in [2.45, 2.75) is 70.6 Å². The van der Waals surface area contributed by atoms with Crippen LogP contribution >= 0.6 is 23.1 Å². The number of hydrogen-bond donors (Lipinski definition) is 1. The van der Waals surface area contributed by atoms with Gasteiger partial charge in [0.25, 0.3) is 0 Å². The molecule has 1 N–H and O–H groups in total. The number of aryl methyl sites for hydroxylation is 1. The van der Waals surface area contributed by atoms with E-state index in [4.69, 9.17) is 0 Å². The first-order chi connectivity index (χ1) is 15.5. The summed E-state index contributed by atoms with van der Waals surface area (Å²) >= 11 is 2.32. The van der Waals surface area contributed by atoms with E-state index >= 15 is 0 Å². The zero-order valence-electron chi connectivity index (χ0n) is 18.7. The number of anilines is 1. The Bertz CT molecular complexity index is 1130. The number of nitrogens with one attached hydrogen (secondary N) is 1. The third-order valence-electron chi connectivity index (χ3n) is 6.37. The number of carbonyl (C=O) groups excluding carboxylic acids is 1.